The minimum atomic E-state index is -0.0775. The van der Waals surface area contributed by atoms with Crippen LogP contribution in [-0.4, -0.2) is 39.8 Å². The minimum Gasteiger partial charge on any atom is -0.444 e. The van der Waals surface area contributed by atoms with Crippen molar-refractivity contribution in [1.82, 2.24) is 20.2 Å². The van der Waals surface area contributed by atoms with Crippen LogP contribution in [0.4, 0.5) is 0 Å². The van der Waals surface area contributed by atoms with E-state index < -0.39 is 0 Å². The Balaban J connectivity index is 1.33. The number of hydrogen-bond acceptors (Lipinski definition) is 5. The van der Waals surface area contributed by atoms with E-state index in [9.17, 15) is 9.59 Å². The fraction of sp³-hybridized carbons (Fsp3) is 0.304. The highest BCUT2D eigenvalue weighted by Crippen LogP contribution is 2.21. The molecule has 1 N–H and O–H groups in total. The van der Waals surface area contributed by atoms with Crippen LogP contribution in [0.25, 0.3) is 11.5 Å². The Morgan fingerprint density at radius 1 is 1.03 bits per heavy atom. The average molecular weight is 404 g/mol. The zero-order valence-electron chi connectivity index (χ0n) is 16.7. The molecule has 30 heavy (non-hydrogen) atoms. The van der Waals surface area contributed by atoms with Gasteiger partial charge in [-0.25, -0.2) is 4.98 Å². The van der Waals surface area contributed by atoms with Gasteiger partial charge in [0.1, 0.15) is 6.26 Å². The van der Waals surface area contributed by atoms with E-state index in [-0.39, 0.29) is 18.2 Å². The van der Waals surface area contributed by atoms with Gasteiger partial charge in [0.15, 0.2) is 5.69 Å². The first-order valence-electron chi connectivity index (χ1n) is 10.2. The van der Waals surface area contributed by atoms with Crippen LogP contribution in [0, 0.1) is 0 Å². The Bertz CT molecular complexity index is 993. The normalized spacial score (nSPS) is 13.8. The number of nitrogens with zero attached hydrogens (tertiary/aromatic N) is 3. The highest BCUT2D eigenvalue weighted by molar-refractivity contribution is 5.92. The molecule has 4 rings (SSSR count). The van der Waals surface area contributed by atoms with Crippen LogP contribution in [0.1, 0.15) is 41.0 Å². The lowest BCUT2D eigenvalue weighted by molar-refractivity contribution is -0.120. The molecular formula is C23H24N4O3. The van der Waals surface area contributed by atoms with E-state index in [1.165, 1.54) is 12.7 Å². The number of piperidine rings is 1. The number of amides is 2. The molecule has 3 aromatic rings. The van der Waals surface area contributed by atoms with Crippen LogP contribution in [0.5, 0.6) is 0 Å². The molecule has 0 unspecified atom stereocenters. The van der Waals surface area contributed by atoms with Crippen molar-refractivity contribution in [3.8, 4) is 11.5 Å². The highest BCUT2D eigenvalue weighted by Gasteiger charge is 2.21. The summed E-state index contributed by atoms with van der Waals surface area (Å²) < 4.78 is 5.53. The van der Waals surface area contributed by atoms with Gasteiger partial charge >= 0.3 is 0 Å². The number of hydrogen-bond donors (Lipinski definition) is 1. The van der Waals surface area contributed by atoms with Crippen molar-refractivity contribution in [3.05, 3.63) is 71.9 Å². The van der Waals surface area contributed by atoms with E-state index in [1.54, 1.807) is 6.20 Å². The molecule has 1 aliphatic rings. The van der Waals surface area contributed by atoms with Gasteiger partial charge in [-0.05, 0) is 49.1 Å². The molecule has 1 aromatic carbocycles. The number of oxazole rings is 1. The predicted molar refractivity (Wildman–Crippen MR) is 111 cm³/mol. The zero-order valence-corrected chi connectivity index (χ0v) is 16.7. The molecule has 0 spiro atoms. The van der Waals surface area contributed by atoms with Crippen LogP contribution in [0.3, 0.4) is 0 Å². The molecule has 3 heterocycles. The molecule has 2 amide bonds. The number of aromatic nitrogens is 2. The van der Waals surface area contributed by atoms with Gasteiger partial charge in [-0.3, -0.25) is 14.6 Å². The second-order valence-corrected chi connectivity index (χ2v) is 7.36. The van der Waals surface area contributed by atoms with E-state index >= 15 is 0 Å². The molecule has 7 nitrogen and oxygen atoms in total. The number of benzene rings is 1. The summed E-state index contributed by atoms with van der Waals surface area (Å²) in [6.07, 6.45) is 6.60. The Morgan fingerprint density at radius 3 is 2.57 bits per heavy atom. The summed E-state index contributed by atoms with van der Waals surface area (Å²) in [6, 6.07) is 13.1. The third-order valence-electron chi connectivity index (χ3n) is 5.12. The number of nitrogens with one attached hydrogen (secondary N) is 1. The number of carbonyl (C=O) groups is 2. The topological polar surface area (TPSA) is 88.3 Å². The molecule has 0 atom stereocenters. The smallest absolute Gasteiger partial charge is 0.275 e. The van der Waals surface area contributed by atoms with E-state index in [0.717, 1.165) is 42.8 Å². The fourth-order valence-corrected chi connectivity index (χ4v) is 3.46. The molecule has 1 aliphatic heterocycles. The summed E-state index contributed by atoms with van der Waals surface area (Å²) in [7, 11) is 0. The second-order valence-electron chi connectivity index (χ2n) is 7.36. The Labute approximate surface area is 175 Å². The lowest BCUT2D eigenvalue weighted by Crippen LogP contribution is -2.35. The number of pyridine rings is 1. The Hall–Kier alpha value is -3.48. The van der Waals surface area contributed by atoms with Crippen LogP contribution < -0.4 is 5.32 Å². The van der Waals surface area contributed by atoms with Gasteiger partial charge in [-0.15, -0.1) is 0 Å². The van der Waals surface area contributed by atoms with Crippen molar-refractivity contribution in [3.63, 3.8) is 0 Å². The molecule has 0 saturated carbocycles. The zero-order chi connectivity index (χ0) is 20.8. The maximum absolute atomic E-state index is 12.5. The van der Waals surface area contributed by atoms with Crippen LogP contribution >= 0.6 is 0 Å². The van der Waals surface area contributed by atoms with Crippen LogP contribution in [0.15, 0.2) is 59.3 Å². The predicted octanol–water partition coefficient (Wildman–Crippen LogP) is 3.22. The van der Waals surface area contributed by atoms with E-state index in [4.69, 9.17) is 4.42 Å². The summed E-state index contributed by atoms with van der Waals surface area (Å²) in [5.41, 5.74) is 2.84. The van der Waals surface area contributed by atoms with Gasteiger partial charge in [0.05, 0.1) is 6.42 Å². The maximum atomic E-state index is 12.5. The molecule has 0 bridgehead atoms. The molecule has 7 heteroatoms. The van der Waals surface area contributed by atoms with Crippen molar-refractivity contribution in [2.45, 2.75) is 32.2 Å². The van der Waals surface area contributed by atoms with Crippen LogP contribution in [0.2, 0.25) is 0 Å². The Kier molecular flexibility index (Phi) is 6.17. The first-order valence-corrected chi connectivity index (χ1v) is 10.2. The first kappa shape index (κ1) is 19.8. The van der Waals surface area contributed by atoms with Gasteiger partial charge in [0, 0.05) is 37.1 Å². The van der Waals surface area contributed by atoms with Gasteiger partial charge in [0.25, 0.3) is 5.91 Å². The second kappa shape index (κ2) is 9.35. The molecule has 1 fully saturated rings. The third-order valence-corrected chi connectivity index (χ3v) is 5.12. The lowest BCUT2D eigenvalue weighted by atomic mass is 10.1. The molecule has 0 radical (unpaired) electrons. The van der Waals surface area contributed by atoms with E-state index in [0.29, 0.717) is 18.1 Å². The SMILES string of the molecule is O=C(Cc1ccccn1)NCc1ccc(-c2nc(C(=O)N3CCCCC3)co2)cc1. The standard InChI is InChI=1S/C23H24N4O3/c28-21(14-19-6-2-3-11-24-19)25-15-17-7-9-18(10-8-17)22-26-20(16-30-22)23(29)27-12-4-1-5-13-27/h2-3,6-11,16H,1,4-5,12-15H2,(H,25,28). The summed E-state index contributed by atoms with van der Waals surface area (Å²) in [5, 5.41) is 2.89. The van der Waals surface area contributed by atoms with Gasteiger partial charge in [-0.2, -0.15) is 0 Å². The van der Waals surface area contributed by atoms with Gasteiger partial charge in [0.2, 0.25) is 11.8 Å². The van der Waals surface area contributed by atoms with E-state index in [2.05, 4.69) is 15.3 Å². The summed E-state index contributed by atoms with van der Waals surface area (Å²) in [4.78, 5) is 35.0. The minimum absolute atomic E-state index is 0.0723. The number of carbonyl (C=O) groups excluding carboxylic acids is 2. The number of rotatable bonds is 6. The van der Waals surface area contributed by atoms with Crippen molar-refractivity contribution >= 4 is 11.8 Å². The molecular weight excluding hydrogens is 380 g/mol. The van der Waals surface area contributed by atoms with Gasteiger partial charge in [-0.1, -0.05) is 18.2 Å². The van der Waals surface area contributed by atoms with Crippen molar-refractivity contribution in [2.75, 3.05) is 13.1 Å². The molecule has 2 aromatic heterocycles. The summed E-state index contributed by atoms with van der Waals surface area (Å²) >= 11 is 0. The molecule has 0 aliphatic carbocycles. The molecule has 154 valence electrons. The maximum Gasteiger partial charge on any atom is 0.275 e. The van der Waals surface area contributed by atoms with Gasteiger partial charge < -0.3 is 14.6 Å². The highest BCUT2D eigenvalue weighted by atomic mass is 16.3. The largest absolute Gasteiger partial charge is 0.444 e. The average Bonchev–Trinajstić information content (AvgIpc) is 3.29. The van der Waals surface area contributed by atoms with Crippen molar-refractivity contribution < 1.29 is 14.0 Å². The fourth-order valence-electron chi connectivity index (χ4n) is 3.46. The lowest BCUT2D eigenvalue weighted by Gasteiger charge is -2.25. The monoisotopic (exact) mass is 404 g/mol. The van der Waals surface area contributed by atoms with Crippen molar-refractivity contribution in [1.29, 1.82) is 0 Å². The van der Waals surface area contributed by atoms with E-state index in [1.807, 2.05) is 47.4 Å². The Morgan fingerprint density at radius 2 is 1.83 bits per heavy atom. The number of likely N-dealkylation sites (tertiary alicyclic amines) is 1. The summed E-state index contributed by atoms with van der Waals surface area (Å²) in [6.45, 7) is 1.99. The van der Waals surface area contributed by atoms with Crippen molar-refractivity contribution in [2.24, 2.45) is 0 Å². The molecule has 1 saturated heterocycles. The quantitative estimate of drug-likeness (QED) is 0.681. The van der Waals surface area contributed by atoms with Crippen LogP contribution in [-0.2, 0) is 17.8 Å². The third kappa shape index (κ3) is 4.92. The summed E-state index contributed by atoms with van der Waals surface area (Å²) in [5.74, 6) is 0.268. The first-order chi connectivity index (χ1) is 14.7.